The molecule has 1 aromatic carbocycles. The Bertz CT molecular complexity index is 488. The molecule has 21 heavy (non-hydrogen) atoms. The first kappa shape index (κ1) is 14.9. The molecule has 2 N–H and O–H groups in total. The molecule has 0 spiro atoms. The molecule has 3 atom stereocenters. The van der Waals surface area contributed by atoms with Crippen LogP contribution in [0.3, 0.4) is 0 Å². The number of aliphatic hydroxyl groups excluding tert-OH is 1. The minimum absolute atomic E-state index is 0.0707. The second-order valence-corrected chi connectivity index (χ2v) is 6.76. The monoisotopic (exact) mass is 288 g/mol. The smallest absolute Gasteiger partial charge is 0.0588 e. The van der Waals surface area contributed by atoms with E-state index in [2.05, 4.69) is 42.3 Å². The Hall–Kier alpha value is -1.06. The first-order valence-electron chi connectivity index (χ1n) is 8.42. The molecule has 3 rings (SSSR count). The number of nitrogens with zero attached hydrogens (tertiary/aromatic N) is 1. The van der Waals surface area contributed by atoms with E-state index in [1.807, 2.05) is 0 Å². The van der Waals surface area contributed by atoms with Crippen molar-refractivity contribution in [3.63, 3.8) is 0 Å². The molecule has 0 bridgehead atoms. The predicted octanol–water partition coefficient (Wildman–Crippen LogP) is 2.70. The third kappa shape index (κ3) is 3.09. The lowest BCUT2D eigenvalue weighted by Gasteiger charge is -2.22. The minimum Gasteiger partial charge on any atom is -0.393 e. The fourth-order valence-electron chi connectivity index (χ4n) is 3.92. The van der Waals surface area contributed by atoms with Gasteiger partial charge in [-0.15, -0.1) is 0 Å². The predicted molar refractivity (Wildman–Crippen MR) is 87.6 cm³/mol. The lowest BCUT2D eigenvalue weighted by molar-refractivity contribution is 0.133. The van der Waals surface area contributed by atoms with E-state index in [-0.39, 0.29) is 6.10 Å². The van der Waals surface area contributed by atoms with Crippen LogP contribution in [0.25, 0.3) is 0 Å². The summed E-state index contributed by atoms with van der Waals surface area (Å²) in [6.45, 7) is 8.59. The molecule has 0 aromatic heterocycles. The third-order valence-electron chi connectivity index (χ3n) is 5.25. The average molecular weight is 288 g/mol. The molecular weight excluding hydrogens is 260 g/mol. The maximum atomic E-state index is 10.0. The summed E-state index contributed by atoms with van der Waals surface area (Å²) in [4.78, 5) is 2.47. The fraction of sp³-hybridized carbons (Fsp3) is 0.667. The fourth-order valence-corrected chi connectivity index (χ4v) is 3.92. The number of anilines is 1. The summed E-state index contributed by atoms with van der Waals surface area (Å²) in [5.41, 5.74) is 4.09. The average Bonchev–Trinajstić information content (AvgIpc) is 3.03. The molecule has 1 aliphatic heterocycles. The van der Waals surface area contributed by atoms with Crippen molar-refractivity contribution >= 4 is 5.69 Å². The molecule has 1 saturated heterocycles. The van der Waals surface area contributed by atoms with Gasteiger partial charge in [0.1, 0.15) is 0 Å². The van der Waals surface area contributed by atoms with Crippen LogP contribution in [0.15, 0.2) is 18.2 Å². The summed E-state index contributed by atoms with van der Waals surface area (Å²) in [5.74, 6) is 1.20. The van der Waals surface area contributed by atoms with Crippen molar-refractivity contribution in [3.8, 4) is 0 Å². The number of rotatable bonds is 5. The zero-order chi connectivity index (χ0) is 14.8. The van der Waals surface area contributed by atoms with Crippen molar-refractivity contribution in [2.75, 3.05) is 24.5 Å². The SMILES string of the molecule is CCCNCc1ccc(N2CC3CCC(O)C3C2)cc1C. The summed E-state index contributed by atoms with van der Waals surface area (Å²) in [5, 5.41) is 13.5. The number of hydrogen-bond acceptors (Lipinski definition) is 3. The van der Waals surface area contributed by atoms with Crippen LogP contribution in [-0.2, 0) is 6.54 Å². The molecule has 1 saturated carbocycles. The van der Waals surface area contributed by atoms with Crippen LogP contribution >= 0.6 is 0 Å². The number of nitrogens with one attached hydrogen (secondary N) is 1. The third-order valence-corrected chi connectivity index (χ3v) is 5.25. The van der Waals surface area contributed by atoms with Crippen molar-refractivity contribution in [3.05, 3.63) is 29.3 Å². The van der Waals surface area contributed by atoms with Crippen LogP contribution in [0.1, 0.15) is 37.3 Å². The minimum atomic E-state index is -0.0707. The Balaban J connectivity index is 1.65. The number of aryl methyl sites for hydroxylation is 1. The normalized spacial score (nSPS) is 28.1. The van der Waals surface area contributed by atoms with Gasteiger partial charge in [-0.25, -0.2) is 0 Å². The molecule has 3 heteroatoms. The molecule has 3 nitrogen and oxygen atoms in total. The van der Waals surface area contributed by atoms with E-state index in [0.29, 0.717) is 11.8 Å². The van der Waals surface area contributed by atoms with Crippen molar-refractivity contribution in [2.24, 2.45) is 11.8 Å². The molecule has 0 radical (unpaired) electrons. The molecule has 2 fully saturated rings. The van der Waals surface area contributed by atoms with E-state index in [1.165, 1.54) is 29.7 Å². The molecule has 116 valence electrons. The van der Waals surface area contributed by atoms with Gasteiger partial charge in [-0.1, -0.05) is 13.0 Å². The van der Waals surface area contributed by atoms with Gasteiger partial charge < -0.3 is 15.3 Å². The Labute approximate surface area is 128 Å². The van der Waals surface area contributed by atoms with Crippen LogP contribution in [-0.4, -0.2) is 30.8 Å². The number of hydrogen-bond donors (Lipinski definition) is 2. The highest BCUT2D eigenvalue weighted by molar-refractivity contribution is 5.52. The number of benzene rings is 1. The van der Waals surface area contributed by atoms with Gasteiger partial charge in [-0.2, -0.15) is 0 Å². The molecule has 3 unspecified atom stereocenters. The quantitative estimate of drug-likeness (QED) is 0.818. The summed E-state index contributed by atoms with van der Waals surface area (Å²) >= 11 is 0. The van der Waals surface area contributed by atoms with Crippen molar-refractivity contribution < 1.29 is 5.11 Å². The van der Waals surface area contributed by atoms with Crippen LogP contribution in [0.4, 0.5) is 5.69 Å². The zero-order valence-corrected chi connectivity index (χ0v) is 13.3. The largest absolute Gasteiger partial charge is 0.393 e. The van der Waals surface area contributed by atoms with Crippen LogP contribution in [0.5, 0.6) is 0 Å². The topological polar surface area (TPSA) is 35.5 Å². The highest BCUT2D eigenvalue weighted by Crippen LogP contribution is 2.40. The van der Waals surface area contributed by atoms with E-state index < -0.39 is 0 Å². The van der Waals surface area contributed by atoms with Crippen LogP contribution in [0.2, 0.25) is 0 Å². The van der Waals surface area contributed by atoms with Crippen LogP contribution in [0, 0.1) is 18.8 Å². The molecule has 1 heterocycles. The van der Waals surface area contributed by atoms with Crippen molar-refractivity contribution in [1.29, 1.82) is 0 Å². The zero-order valence-electron chi connectivity index (χ0n) is 13.3. The highest BCUT2D eigenvalue weighted by atomic mass is 16.3. The summed E-state index contributed by atoms with van der Waals surface area (Å²) in [6.07, 6.45) is 3.30. The van der Waals surface area contributed by atoms with E-state index in [1.54, 1.807) is 0 Å². The van der Waals surface area contributed by atoms with Gasteiger partial charge in [0.15, 0.2) is 0 Å². The molecule has 1 aliphatic carbocycles. The Morgan fingerprint density at radius 2 is 2.14 bits per heavy atom. The maximum Gasteiger partial charge on any atom is 0.0588 e. The molecular formula is C18H28N2O. The van der Waals surface area contributed by atoms with Gasteiger partial charge in [0.25, 0.3) is 0 Å². The van der Waals surface area contributed by atoms with E-state index in [4.69, 9.17) is 0 Å². The Morgan fingerprint density at radius 3 is 2.86 bits per heavy atom. The van der Waals surface area contributed by atoms with E-state index in [0.717, 1.165) is 32.6 Å². The van der Waals surface area contributed by atoms with Gasteiger partial charge >= 0.3 is 0 Å². The summed E-state index contributed by atoms with van der Waals surface area (Å²) in [6, 6.07) is 6.83. The van der Waals surface area contributed by atoms with Gasteiger partial charge in [0.05, 0.1) is 6.10 Å². The van der Waals surface area contributed by atoms with Gasteiger partial charge in [-0.3, -0.25) is 0 Å². The standard InChI is InChI=1S/C18H28N2O/c1-3-8-19-10-14-4-6-16(9-13(14)2)20-11-15-5-7-18(21)17(15)12-20/h4,6,9,15,17-19,21H,3,5,7-8,10-12H2,1-2H3. The number of fused-ring (bicyclic) bond motifs is 1. The van der Waals surface area contributed by atoms with E-state index >= 15 is 0 Å². The van der Waals surface area contributed by atoms with E-state index in [9.17, 15) is 5.11 Å². The molecule has 0 amide bonds. The first-order chi connectivity index (χ1) is 10.2. The Kier molecular flexibility index (Phi) is 4.51. The van der Waals surface area contributed by atoms with Gasteiger partial charge in [-0.05, 0) is 61.9 Å². The second kappa shape index (κ2) is 6.37. The highest BCUT2D eigenvalue weighted by Gasteiger charge is 2.41. The maximum absolute atomic E-state index is 10.0. The van der Waals surface area contributed by atoms with Crippen molar-refractivity contribution in [2.45, 2.75) is 45.8 Å². The van der Waals surface area contributed by atoms with Gasteiger partial charge in [0.2, 0.25) is 0 Å². The second-order valence-electron chi connectivity index (χ2n) is 6.76. The summed E-state index contributed by atoms with van der Waals surface area (Å²) in [7, 11) is 0. The number of aliphatic hydroxyl groups is 1. The lowest BCUT2D eigenvalue weighted by atomic mass is 10.00. The first-order valence-corrected chi connectivity index (χ1v) is 8.42. The van der Waals surface area contributed by atoms with Crippen molar-refractivity contribution in [1.82, 2.24) is 5.32 Å². The molecule has 2 aliphatic rings. The van der Waals surface area contributed by atoms with Gasteiger partial charge in [0, 0.05) is 31.2 Å². The summed E-state index contributed by atoms with van der Waals surface area (Å²) < 4.78 is 0. The Morgan fingerprint density at radius 1 is 1.29 bits per heavy atom. The van der Waals surface area contributed by atoms with Crippen LogP contribution < -0.4 is 10.2 Å². The lowest BCUT2D eigenvalue weighted by Crippen LogP contribution is -2.24. The molecule has 1 aromatic rings.